The standard InChI is InChI=1S/C25H19N3O3S/c1-13-19(26-14(2)22(13)25(30)31)11-18-17-9-8-16(10-20(17)27-23(18)29)21-12-32-24(28-21)15-6-4-3-5-7-15/h3-12,26H,1-2H3,(H,27,29)(H,30,31)/b18-11-. The highest BCUT2D eigenvalue weighted by molar-refractivity contribution is 7.13. The maximum absolute atomic E-state index is 12.7. The summed E-state index contributed by atoms with van der Waals surface area (Å²) >= 11 is 1.58. The molecule has 6 nitrogen and oxygen atoms in total. The number of amides is 1. The molecule has 0 saturated carbocycles. The molecule has 4 aromatic rings. The summed E-state index contributed by atoms with van der Waals surface area (Å²) in [5, 5.41) is 15.3. The number of carbonyl (C=O) groups is 2. The number of hydrogen-bond donors (Lipinski definition) is 3. The predicted molar refractivity (Wildman–Crippen MR) is 127 cm³/mol. The van der Waals surface area contributed by atoms with Crippen molar-refractivity contribution in [2.75, 3.05) is 5.32 Å². The Balaban J connectivity index is 1.50. The molecule has 2 aromatic heterocycles. The topological polar surface area (TPSA) is 95.1 Å². The van der Waals surface area contributed by atoms with Crippen LogP contribution in [0.4, 0.5) is 5.69 Å². The third-order valence-electron chi connectivity index (χ3n) is 5.60. The van der Waals surface area contributed by atoms with Crippen LogP contribution in [0.25, 0.3) is 33.5 Å². The van der Waals surface area contributed by atoms with Crippen LogP contribution in [0, 0.1) is 13.8 Å². The molecular weight excluding hydrogens is 422 g/mol. The Bertz CT molecular complexity index is 1410. The Morgan fingerprint density at radius 2 is 1.88 bits per heavy atom. The highest BCUT2D eigenvalue weighted by Gasteiger charge is 2.26. The van der Waals surface area contributed by atoms with Gasteiger partial charge in [0.05, 0.1) is 16.8 Å². The number of rotatable bonds is 4. The number of carbonyl (C=O) groups excluding carboxylic acids is 1. The second kappa shape index (κ2) is 7.62. The lowest BCUT2D eigenvalue weighted by atomic mass is 10.0. The van der Waals surface area contributed by atoms with Gasteiger partial charge in [0.2, 0.25) is 0 Å². The highest BCUT2D eigenvalue weighted by Crippen LogP contribution is 2.37. The second-order valence-electron chi connectivity index (χ2n) is 7.65. The zero-order valence-electron chi connectivity index (χ0n) is 17.4. The largest absolute Gasteiger partial charge is 0.478 e. The smallest absolute Gasteiger partial charge is 0.337 e. The lowest BCUT2D eigenvalue weighted by Crippen LogP contribution is -2.03. The zero-order chi connectivity index (χ0) is 22.4. The first kappa shape index (κ1) is 20.0. The van der Waals surface area contributed by atoms with Crippen LogP contribution in [-0.4, -0.2) is 27.0 Å². The maximum Gasteiger partial charge on any atom is 0.337 e. The monoisotopic (exact) mass is 441 g/mol. The number of carboxylic acid groups (broad SMARTS) is 1. The van der Waals surface area contributed by atoms with Gasteiger partial charge < -0.3 is 15.4 Å². The van der Waals surface area contributed by atoms with E-state index in [2.05, 4.69) is 10.3 Å². The van der Waals surface area contributed by atoms with Crippen molar-refractivity contribution < 1.29 is 14.7 Å². The first-order valence-electron chi connectivity index (χ1n) is 10.0. The number of nitrogens with zero attached hydrogens (tertiary/aromatic N) is 1. The molecule has 1 amide bonds. The van der Waals surface area contributed by atoms with E-state index in [-0.39, 0.29) is 11.5 Å². The van der Waals surface area contributed by atoms with E-state index in [9.17, 15) is 14.7 Å². The molecule has 2 aromatic carbocycles. The lowest BCUT2D eigenvalue weighted by molar-refractivity contribution is -0.110. The fraction of sp³-hybridized carbons (Fsp3) is 0.0800. The number of carboxylic acids is 1. The highest BCUT2D eigenvalue weighted by atomic mass is 32.1. The average molecular weight is 442 g/mol. The van der Waals surface area contributed by atoms with Crippen LogP contribution >= 0.6 is 11.3 Å². The summed E-state index contributed by atoms with van der Waals surface area (Å²) in [5.74, 6) is -1.20. The number of nitrogens with one attached hydrogen (secondary N) is 2. The van der Waals surface area contributed by atoms with Crippen molar-refractivity contribution in [1.29, 1.82) is 0 Å². The fourth-order valence-electron chi connectivity index (χ4n) is 4.00. The molecule has 0 radical (unpaired) electrons. The molecule has 1 aliphatic heterocycles. The molecule has 158 valence electrons. The van der Waals surface area contributed by atoms with Crippen molar-refractivity contribution in [2.24, 2.45) is 0 Å². The molecule has 0 fully saturated rings. The van der Waals surface area contributed by atoms with Gasteiger partial charge in [0.1, 0.15) is 5.01 Å². The number of thiazole rings is 1. The molecule has 0 saturated heterocycles. The minimum atomic E-state index is -0.986. The Labute approximate surface area is 188 Å². The molecule has 0 atom stereocenters. The van der Waals surface area contributed by atoms with E-state index in [0.717, 1.165) is 27.4 Å². The van der Waals surface area contributed by atoms with Crippen LogP contribution in [0.5, 0.6) is 0 Å². The number of aromatic amines is 1. The summed E-state index contributed by atoms with van der Waals surface area (Å²) < 4.78 is 0. The van der Waals surface area contributed by atoms with Crippen molar-refractivity contribution in [3.05, 3.63) is 82.0 Å². The van der Waals surface area contributed by atoms with E-state index in [1.54, 1.807) is 31.3 Å². The van der Waals surface area contributed by atoms with Crippen LogP contribution in [-0.2, 0) is 4.79 Å². The molecule has 0 spiro atoms. The number of aromatic carboxylic acids is 1. The van der Waals surface area contributed by atoms with E-state index in [4.69, 9.17) is 4.98 Å². The number of hydrogen-bond acceptors (Lipinski definition) is 4. The summed E-state index contributed by atoms with van der Waals surface area (Å²) in [4.78, 5) is 32.0. The Kier molecular flexibility index (Phi) is 4.75. The summed E-state index contributed by atoms with van der Waals surface area (Å²) in [6, 6.07) is 15.8. The Morgan fingerprint density at radius 1 is 1.09 bits per heavy atom. The summed E-state index contributed by atoms with van der Waals surface area (Å²) in [6.07, 6.45) is 1.71. The molecule has 0 bridgehead atoms. The second-order valence-corrected chi connectivity index (χ2v) is 8.50. The van der Waals surface area contributed by atoms with Gasteiger partial charge in [0.25, 0.3) is 5.91 Å². The minimum absolute atomic E-state index is 0.219. The SMILES string of the molecule is Cc1[nH]c(/C=C2\C(=O)Nc3cc(-c4csc(-c5ccccc5)n4)ccc32)c(C)c1C(=O)O. The maximum atomic E-state index is 12.7. The van der Waals surface area contributed by atoms with Crippen LogP contribution in [0.2, 0.25) is 0 Å². The lowest BCUT2D eigenvalue weighted by Gasteiger charge is -2.02. The molecule has 1 aliphatic rings. The van der Waals surface area contributed by atoms with Crippen molar-refractivity contribution >= 4 is 40.5 Å². The molecule has 0 unspecified atom stereocenters. The van der Waals surface area contributed by atoms with Gasteiger partial charge >= 0.3 is 5.97 Å². The first-order valence-corrected chi connectivity index (χ1v) is 10.9. The van der Waals surface area contributed by atoms with Gasteiger partial charge in [-0.25, -0.2) is 9.78 Å². The normalized spacial score (nSPS) is 13.9. The fourth-order valence-corrected chi connectivity index (χ4v) is 4.84. The number of H-pyrrole nitrogens is 1. The molecule has 5 rings (SSSR count). The van der Waals surface area contributed by atoms with Crippen LogP contribution in [0.3, 0.4) is 0 Å². The van der Waals surface area contributed by atoms with Crippen molar-refractivity contribution in [3.63, 3.8) is 0 Å². The van der Waals surface area contributed by atoms with Gasteiger partial charge in [0.15, 0.2) is 0 Å². The first-order chi connectivity index (χ1) is 15.4. The predicted octanol–water partition coefficient (Wildman–Crippen LogP) is 5.61. The third-order valence-corrected chi connectivity index (χ3v) is 6.49. The van der Waals surface area contributed by atoms with Gasteiger partial charge in [-0.1, -0.05) is 42.5 Å². The summed E-state index contributed by atoms with van der Waals surface area (Å²) in [7, 11) is 0. The van der Waals surface area contributed by atoms with Crippen molar-refractivity contribution in [1.82, 2.24) is 9.97 Å². The number of anilines is 1. The number of aryl methyl sites for hydroxylation is 1. The summed E-state index contributed by atoms with van der Waals surface area (Å²) in [5.41, 5.74) is 6.86. The third kappa shape index (κ3) is 3.33. The number of fused-ring (bicyclic) bond motifs is 1. The quantitative estimate of drug-likeness (QED) is 0.359. The van der Waals surface area contributed by atoms with Gasteiger partial charge in [-0.2, -0.15) is 0 Å². The van der Waals surface area contributed by atoms with Gasteiger partial charge in [0, 0.05) is 39.1 Å². The molecule has 3 heterocycles. The number of benzene rings is 2. The Morgan fingerprint density at radius 3 is 2.59 bits per heavy atom. The molecular formula is C25H19N3O3S. The molecule has 7 heteroatoms. The van der Waals surface area contributed by atoms with E-state index >= 15 is 0 Å². The number of aromatic nitrogens is 2. The van der Waals surface area contributed by atoms with Crippen LogP contribution < -0.4 is 5.32 Å². The van der Waals surface area contributed by atoms with Gasteiger partial charge in [-0.05, 0) is 31.6 Å². The van der Waals surface area contributed by atoms with E-state index < -0.39 is 5.97 Å². The van der Waals surface area contributed by atoms with E-state index in [0.29, 0.717) is 28.2 Å². The van der Waals surface area contributed by atoms with E-state index in [1.165, 1.54) is 0 Å². The van der Waals surface area contributed by atoms with Crippen LogP contribution in [0.1, 0.15) is 32.9 Å². The zero-order valence-corrected chi connectivity index (χ0v) is 18.2. The molecule has 3 N–H and O–H groups in total. The van der Waals surface area contributed by atoms with Crippen molar-refractivity contribution in [2.45, 2.75) is 13.8 Å². The van der Waals surface area contributed by atoms with Crippen molar-refractivity contribution in [3.8, 4) is 21.8 Å². The molecule has 0 aliphatic carbocycles. The summed E-state index contributed by atoms with van der Waals surface area (Å²) in [6.45, 7) is 3.45. The van der Waals surface area contributed by atoms with Crippen LogP contribution in [0.15, 0.2) is 53.9 Å². The van der Waals surface area contributed by atoms with E-state index in [1.807, 2.05) is 53.9 Å². The Hall–Kier alpha value is -3.97. The molecule has 32 heavy (non-hydrogen) atoms. The van der Waals surface area contributed by atoms with Gasteiger partial charge in [-0.3, -0.25) is 4.79 Å². The average Bonchev–Trinajstić information content (AvgIpc) is 3.45. The minimum Gasteiger partial charge on any atom is -0.478 e. The van der Waals surface area contributed by atoms with Gasteiger partial charge in [-0.15, -0.1) is 11.3 Å².